The van der Waals surface area contributed by atoms with E-state index in [-0.39, 0.29) is 0 Å². The van der Waals surface area contributed by atoms with Crippen molar-refractivity contribution in [1.29, 1.82) is 0 Å². The number of hydrogen-bond donors (Lipinski definition) is 1. The number of hydrogen-bond acceptors (Lipinski definition) is 3. The van der Waals surface area contributed by atoms with Gasteiger partial charge in [-0.05, 0) is 25.3 Å². The van der Waals surface area contributed by atoms with Crippen molar-refractivity contribution in [2.45, 2.75) is 44.8 Å². The number of rotatable bonds is 6. The predicted octanol–water partition coefficient (Wildman–Crippen LogP) is 2.05. The minimum atomic E-state index is -0.726. The fraction of sp³-hybridized carbons (Fsp3) is 0.647. The topological polar surface area (TPSA) is 32.3 Å². The molecule has 0 radical (unpaired) electrons. The van der Waals surface area contributed by atoms with Gasteiger partial charge >= 0.3 is 0 Å². The van der Waals surface area contributed by atoms with Gasteiger partial charge in [-0.2, -0.15) is 0 Å². The van der Waals surface area contributed by atoms with E-state index in [0.29, 0.717) is 18.1 Å². The van der Waals surface area contributed by atoms with Crippen LogP contribution in [0.2, 0.25) is 0 Å². The fourth-order valence-electron chi connectivity index (χ4n) is 3.28. The molecule has 0 amide bonds. The molecule has 1 aliphatic rings. The van der Waals surface area contributed by atoms with Gasteiger partial charge in [0, 0.05) is 54.0 Å². The lowest BCUT2D eigenvalue weighted by molar-refractivity contribution is 0.0956. The molecule has 118 valence electrons. The summed E-state index contributed by atoms with van der Waals surface area (Å²) in [5.74, 6) is 0.772. The van der Waals surface area contributed by atoms with Crippen LogP contribution in [0.4, 0.5) is 0 Å². The predicted molar refractivity (Wildman–Crippen MR) is 91.1 cm³/mol. The average Bonchev–Trinajstić information content (AvgIpc) is 2.47. The molecule has 1 saturated heterocycles. The summed E-state index contributed by atoms with van der Waals surface area (Å²) >= 11 is 0. The second-order valence-electron chi connectivity index (χ2n) is 6.14. The Hall–Kier alpha value is -0.710. The van der Waals surface area contributed by atoms with E-state index in [1.807, 2.05) is 0 Å². The van der Waals surface area contributed by atoms with Gasteiger partial charge in [0.1, 0.15) is 0 Å². The third kappa shape index (κ3) is 4.90. The second kappa shape index (κ2) is 8.06. The van der Waals surface area contributed by atoms with E-state index in [1.54, 1.807) is 6.26 Å². The van der Waals surface area contributed by atoms with Crippen LogP contribution in [0.3, 0.4) is 0 Å². The zero-order valence-electron chi connectivity index (χ0n) is 13.4. The van der Waals surface area contributed by atoms with Gasteiger partial charge in [0.05, 0.1) is 0 Å². The Morgan fingerprint density at radius 2 is 2.10 bits per heavy atom. The summed E-state index contributed by atoms with van der Waals surface area (Å²) in [6.45, 7) is 6.54. The van der Waals surface area contributed by atoms with Gasteiger partial charge in [0.15, 0.2) is 0 Å². The van der Waals surface area contributed by atoms with Crippen molar-refractivity contribution in [2.75, 3.05) is 25.1 Å². The van der Waals surface area contributed by atoms with E-state index in [0.717, 1.165) is 31.7 Å². The number of nitrogens with zero attached hydrogens (tertiary/aromatic N) is 1. The molecule has 0 saturated carbocycles. The Kier molecular flexibility index (Phi) is 6.40. The van der Waals surface area contributed by atoms with Crippen molar-refractivity contribution in [1.82, 2.24) is 10.2 Å². The minimum absolute atomic E-state index is 0.390. The van der Waals surface area contributed by atoms with Crippen LogP contribution in [0.5, 0.6) is 0 Å². The second-order valence-corrected chi connectivity index (χ2v) is 7.62. The van der Waals surface area contributed by atoms with Crippen LogP contribution in [-0.2, 0) is 17.2 Å². The summed E-state index contributed by atoms with van der Waals surface area (Å²) in [5.41, 5.74) is 1.39. The van der Waals surface area contributed by atoms with Crippen LogP contribution in [0, 0.1) is 0 Å². The molecule has 1 heterocycles. The highest BCUT2D eigenvalue weighted by Crippen LogP contribution is 2.17. The molecule has 21 heavy (non-hydrogen) atoms. The molecular weight excluding hydrogens is 280 g/mol. The summed E-state index contributed by atoms with van der Waals surface area (Å²) in [4.78, 5) is 2.56. The summed E-state index contributed by atoms with van der Waals surface area (Å²) in [6.07, 6.45) is 4.02. The maximum Gasteiger partial charge on any atom is 0.0385 e. The first-order valence-corrected chi connectivity index (χ1v) is 9.66. The van der Waals surface area contributed by atoms with Gasteiger partial charge in [-0.25, -0.2) is 0 Å². The van der Waals surface area contributed by atoms with Crippen molar-refractivity contribution in [2.24, 2.45) is 0 Å². The van der Waals surface area contributed by atoms with Gasteiger partial charge < -0.3 is 5.32 Å². The van der Waals surface area contributed by atoms with Crippen LogP contribution in [0.25, 0.3) is 0 Å². The summed E-state index contributed by atoms with van der Waals surface area (Å²) in [7, 11) is -0.726. The minimum Gasteiger partial charge on any atom is -0.311 e. The summed E-state index contributed by atoms with van der Waals surface area (Å²) in [5, 5.41) is 3.69. The first-order valence-electron chi connectivity index (χ1n) is 7.93. The molecular formula is C17H28N2OS. The molecule has 1 aromatic rings. The lowest BCUT2D eigenvalue weighted by atomic mass is 9.99. The molecule has 1 aliphatic heterocycles. The molecule has 0 aromatic heterocycles. The van der Waals surface area contributed by atoms with E-state index < -0.39 is 10.8 Å². The maximum atomic E-state index is 11.5. The average molecular weight is 308 g/mol. The molecule has 4 heteroatoms. The van der Waals surface area contributed by atoms with Gasteiger partial charge in [0.2, 0.25) is 0 Å². The lowest BCUT2D eigenvalue weighted by Gasteiger charge is -2.43. The van der Waals surface area contributed by atoms with Crippen molar-refractivity contribution < 1.29 is 4.21 Å². The Morgan fingerprint density at radius 1 is 1.38 bits per heavy atom. The van der Waals surface area contributed by atoms with Gasteiger partial charge in [0.25, 0.3) is 0 Å². The van der Waals surface area contributed by atoms with Crippen molar-refractivity contribution in [3.8, 4) is 0 Å². The molecule has 4 unspecified atom stereocenters. The number of piperazine rings is 1. The fourth-order valence-corrected chi connectivity index (χ4v) is 4.15. The molecule has 1 aromatic carbocycles. The molecule has 2 rings (SSSR count). The molecule has 0 spiro atoms. The van der Waals surface area contributed by atoms with E-state index in [1.165, 1.54) is 5.56 Å². The van der Waals surface area contributed by atoms with Crippen LogP contribution < -0.4 is 5.32 Å². The molecule has 1 fully saturated rings. The standard InChI is InChI=1S/C17H28N2OS/c1-4-17-11-18-16(10-15-8-6-5-7-9-15)12-19(17)14(2)13-21(3)20/h5-9,14,16-18H,4,10-13H2,1-3H3. The van der Waals surface area contributed by atoms with Crippen LogP contribution in [0.15, 0.2) is 30.3 Å². The smallest absolute Gasteiger partial charge is 0.0385 e. The Labute approximate surface area is 131 Å². The van der Waals surface area contributed by atoms with Crippen LogP contribution in [-0.4, -0.2) is 52.3 Å². The van der Waals surface area contributed by atoms with Gasteiger partial charge in [-0.15, -0.1) is 0 Å². The zero-order valence-corrected chi connectivity index (χ0v) is 14.2. The maximum absolute atomic E-state index is 11.5. The largest absolute Gasteiger partial charge is 0.311 e. The van der Waals surface area contributed by atoms with Crippen molar-refractivity contribution >= 4 is 10.8 Å². The molecule has 1 N–H and O–H groups in total. The van der Waals surface area contributed by atoms with Crippen LogP contribution >= 0.6 is 0 Å². The highest BCUT2D eigenvalue weighted by atomic mass is 32.2. The summed E-state index contributed by atoms with van der Waals surface area (Å²) in [6, 6.07) is 12.1. The zero-order chi connectivity index (χ0) is 15.2. The monoisotopic (exact) mass is 308 g/mol. The molecule has 0 bridgehead atoms. The molecule has 0 aliphatic carbocycles. The van der Waals surface area contributed by atoms with E-state index in [2.05, 4.69) is 54.4 Å². The third-order valence-corrected chi connectivity index (χ3v) is 5.33. The first kappa shape index (κ1) is 16.7. The van der Waals surface area contributed by atoms with Gasteiger partial charge in [-0.1, -0.05) is 37.3 Å². The van der Waals surface area contributed by atoms with E-state index >= 15 is 0 Å². The van der Waals surface area contributed by atoms with E-state index in [9.17, 15) is 4.21 Å². The molecule has 3 nitrogen and oxygen atoms in total. The third-order valence-electron chi connectivity index (χ3n) is 4.38. The van der Waals surface area contributed by atoms with E-state index in [4.69, 9.17) is 0 Å². The van der Waals surface area contributed by atoms with Crippen molar-refractivity contribution in [3.63, 3.8) is 0 Å². The number of benzene rings is 1. The normalized spacial score (nSPS) is 26.4. The quantitative estimate of drug-likeness (QED) is 0.873. The summed E-state index contributed by atoms with van der Waals surface area (Å²) < 4.78 is 11.5. The molecule has 4 atom stereocenters. The SMILES string of the molecule is CCC1CNC(Cc2ccccc2)CN1C(C)CS(C)=O. The lowest BCUT2D eigenvalue weighted by Crippen LogP contribution is -2.60. The Bertz CT molecular complexity index is 451. The van der Waals surface area contributed by atoms with Crippen molar-refractivity contribution in [3.05, 3.63) is 35.9 Å². The highest BCUT2D eigenvalue weighted by molar-refractivity contribution is 7.84. The van der Waals surface area contributed by atoms with Crippen LogP contribution in [0.1, 0.15) is 25.8 Å². The van der Waals surface area contributed by atoms with Gasteiger partial charge in [-0.3, -0.25) is 9.11 Å². The number of nitrogens with one attached hydrogen (secondary N) is 1. The Balaban J connectivity index is 1.99. The highest BCUT2D eigenvalue weighted by Gasteiger charge is 2.30. The first-order chi connectivity index (χ1) is 10.1. The Morgan fingerprint density at radius 3 is 2.71 bits per heavy atom.